The average molecular weight is 209 g/mol. The van der Waals surface area contributed by atoms with Crippen LogP contribution in [0.15, 0.2) is 0 Å². The molecule has 1 fully saturated rings. The Morgan fingerprint density at radius 1 is 1.40 bits per heavy atom. The summed E-state index contributed by atoms with van der Waals surface area (Å²) >= 11 is 3.38. The molecule has 1 aliphatic heterocycles. The lowest BCUT2D eigenvalue weighted by molar-refractivity contribution is -0.152. The molecular weight excluding hydrogens is 196 g/mol. The monoisotopic (exact) mass is 208 g/mol. The normalized spacial score (nSPS) is 38.4. The standard InChI is InChI=1S/C7H13BrO2/c1-6(2)9-5-7(3,4-8)10-6/h4-5H2,1-3H3. The summed E-state index contributed by atoms with van der Waals surface area (Å²) in [6, 6.07) is 0. The van der Waals surface area contributed by atoms with Gasteiger partial charge in [-0.15, -0.1) is 0 Å². The molecule has 1 aliphatic rings. The highest BCUT2D eigenvalue weighted by atomic mass is 79.9. The molecule has 1 unspecified atom stereocenters. The lowest BCUT2D eigenvalue weighted by atomic mass is 10.2. The predicted octanol–water partition coefficient (Wildman–Crippen LogP) is 1.92. The fourth-order valence-electron chi connectivity index (χ4n) is 1.04. The third-order valence-corrected chi connectivity index (χ3v) is 2.69. The van der Waals surface area contributed by atoms with Crippen molar-refractivity contribution in [3.63, 3.8) is 0 Å². The summed E-state index contributed by atoms with van der Waals surface area (Å²) in [6.45, 7) is 6.57. The van der Waals surface area contributed by atoms with E-state index >= 15 is 0 Å². The van der Waals surface area contributed by atoms with E-state index in [2.05, 4.69) is 15.9 Å². The van der Waals surface area contributed by atoms with Crippen LogP contribution in [0.1, 0.15) is 20.8 Å². The molecule has 0 saturated carbocycles. The lowest BCUT2D eigenvalue weighted by Crippen LogP contribution is -2.32. The van der Waals surface area contributed by atoms with E-state index in [1.807, 2.05) is 20.8 Å². The van der Waals surface area contributed by atoms with Crippen LogP contribution in [0.25, 0.3) is 0 Å². The Bertz CT molecular complexity index is 136. The minimum Gasteiger partial charge on any atom is -0.347 e. The van der Waals surface area contributed by atoms with Gasteiger partial charge in [-0.25, -0.2) is 0 Å². The third-order valence-electron chi connectivity index (χ3n) is 1.50. The fourth-order valence-corrected chi connectivity index (χ4v) is 1.32. The first-order chi connectivity index (χ1) is 4.47. The summed E-state index contributed by atoms with van der Waals surface area (Å²) in [6.07, 6.45) is 0. The van der Waals surface area contributed by atoms with E-state index in [1.54, 1.807) is 0 Å². The first-order valence-corrected chi connectivity index (χ1v) is 4.50. The number of hydrogen-bond donors (Lipinski definition) is 0. The Labute approximate surface area is 70.0 Å². The van der Waals surface area contributed by atoms with Crippen molar-refractivity contribution in [1.29, 1.82) is 0 Å². The van der Waals surface area contributed by atoms with Crippen LogP contribution in [0, 0.1) is 0 Å². The van der Waals surface area contributed by atoms with Crippen LogP contribution in [-0.4, -0.2) is 23.3 Å². The quantitative estimate of drug-likeness (QED) is 0.614. The highest BCUT2D eigenvalue weighted by Gasteiger charge is 2.40. The van der Waals surface area contributed by atoms with Gasteiger partial charge >= 0.3 is 0 Å². The van der Waals surface area contributed by atoms with Gasteiger partial charge < -0.3 is 9.47 Å². The summed E-state index contributed by atoms with van der Waals surface area (Å²) in [5, 5.41) is 0.823. The Morgan fingerprint density at radius 2 is 2.00 bits per heavy atom. The van der Waals surface area contributed by atoms with Crippen molar-refractivity contribution in [2.45, 2.75) is 32.2 Å². The molecule has 0 bridgehead atoms. The van der Waals surface area contributed by atoms with Crippen molar-refractivity contribution in [2.75, 3.05) is 11.9 Å². The predicted molar refractivity (Wildman–Crippen MR) is 43.3 cm³/mol. The van der Waals surface area contributed by atoms with Crippen LogP contribution < -0.4 is 0 Å². The van der Waals surface area contributed by atoms with Crippen molar-refractivity contribution in [3.8, 4) is 0 Å². The third kappa shape index (κ3) is 1.71. The van der Waals surface area contributed by atoms with Gasteiger partial charge in [-0.05, 0) is 20.8 Å². The number of ether oxygens (including phenoxy) is 2. The fraction of sp³-hybridized carbons (Fsp3) is 1.00. The second-order valence-electron chi connectivity index (χ2n) is 3.37. The molecule has 3 heteroatoms. The number of hydrogen-bond acceptors (Lipinski definition) is 2. The smallest absolute Gasteiger partial charge is 0.163 e. The molecule has 0 aromatic rings. The van der Waals surface area contributed by atoms with Gasteiger partial charge in [0.1, 0.15) is 5.60 Å². The maximum absolute atomic E-state index is 5.62. The molecule has 1 atom stereocenters. The van der Waals surface area contributed by atoms with Gasteiger partial charge in [0.2, 0.25) is 0 Å². The summed E-state index contributed by atoms with van der Waals surface area (Å²) in [5.74, 6) is -0.400. The van der Waals surface area contributed by atoms with E-state index in [0.29, 0.717) is 6.61 Å². The van der Waals surface area contributed by atoms with E-state index in [1.165, 1.54) is 0 Å². The summed E-state index contributed by atoms with van der Waals surface area (Å²) in [4.78, 5) is 0. The molecule has 1 saturated heterocycles. The molecule has 0 spiro atoms. The zero-order chi connectivity index (χ0) is 7.83. The maximum atomic E-state index is 5.62. The van der Waals surface area contributed by atoms with Crippen LogP contribution in [0.3, 0.4) is 0 Å². The molecule has 0 N–H and O–H groups in total. The van der Waals surface area contributed by atoms with E-state index in [4.69, 9.17) is 9.47 Å². The van der Waals surface area contributed by atoms with Crippen molar-refractivity contribution in [3.05, 3.63) is 0 Å². The zero-order valence-electron chi connectivity index (χ0n) is 6.61. The van der Waals surface area contributed by atoms with Crippen LogP contribution >= 0.6 is 15.9 Å². The topological polar surface area (TPSA) is 18.5 Å². The van der Waals surface area contributed by atoms with Crippen molar-refractivity contribution in [1.82, 2.24) is 0 Å². The van der Waals surface area contributed by atoms with Gasteiger partial charge in [-0.1, -0.05) is 15.9 Å². The molecule has 0 amide bonds. The molecule has 0 radical (unpaired) electrons. The first kappa shape index (κ1) is 8.50. The van der Waals surface area contributed by atoms with Crippen LogP contribution in [0.2, 0.25) is 0 Å². The van der Waals surface area contributed by atoms with Gasteiger partial charge in [-0.2, -0.15) is 0 Å². The first-order valence-electron chi connectivity index (χ1n) is 3.38. The van der Waals surface area contributed by atoms with E-state index in [-0.39, 0.29) is 5.60 Å². The molecular formula is C7H13BrO2. The molecule has 0 aromatic heterocycles. The van der Waals surface area contributed by atoms with E-state index < -0.39 is 5.79 Å². The van der Waals surface area contributed by atoms with Crippen LogP contribution in [-0.2, 0) is 9.47 Å². The molecule has 1 rings (SSSR count). The Balaban J connectivity index is 2.57. The van der Waals surface area contributed by atoms with Gasteiger partial charge in [0, 0.05) is 5.33 Å². The lowest BCUT2D eigenvalue weighted by Gasteiger charge is -2.22. The second kappa shape index (κ2) is 2.47. The maximum Gasteiger partial charge on any atom is 0.163 e. The molecule has 2 nitrogen and oxygen atoms in total. The largest absolute Gasteiger partial charge is 0.347 e. The second-order valence-corrected chi connectivity index (χ2v) is 3.93. The van der Waals surface area contributed by atoms with Crippen molar-refractivity contribution >= 4 is 15.9 Å². The summed E-state index contributed by atoms with van der Waals surface area (Å²) in [5.41, 5.74) is -0.135. The van der Waals surface area contributed by atoms with Crippen molar-refractivity contribution in [2.24, 2.45) is 0 Å². The minimum atomic E-state index is -0.400. The van der Waals surface area contributed by atoms with Gasteiger partial charge in [0.15, 0.2) is 5.79 Å². The average Bonchev–Trinajstić information content (AvgIpc) is 2.08. The van der Waals surface area contributed by atoms with Crippen LogP contribution in [0.5, 0.6) is 0 Å². The van der Waals surface area contributed by atoms with Crippen LogP contribution in [0.4, 0.5) is 0 Å². The highest BCUT2D eigenvalue weighted by molar-refractivity contribution is 9.09. The highest BCUT2D eigenvalue weighted by Crippen LogP contribution is 2.31. The van der Waals surface area contributed by atoms with Gasteiger partial charge in [0.05, 0.1) is 6.61 Å². The molecule has 0 aromatic carbocycles. The Kier molecular flexibility index (Phi) is 2.10. The molecule has 1 heterocycles. The Morgan fingerprint density at radius 3 is 2.20 bits per heavy atom. The van der Waals surface area contributed by atoms with E-state index in [9.17, 15) is 0 Å². The number of rotatable bonds is 1. The molecule has 60 valence electrons. The van der Waals surface area contributed by atoms with Gasteiger partial charge in [0.25, 0.3) is 0 Å². The van der Waals surface area contributed by atoms with E-state index in [0.717, 1.165) is 5.33 Å². The summed E-state index contributed by atoms with van der Waals surface area (Å²) < 4.78 is 11.0. The zero-order valence-corrected chi connectivity index (χ0v) is 8.19. The van der Waals surface area contributed by atoms with Crippen molar-refractivity contribution < 1.29 is 9.47 Å². The molecule has 10 heavy (non-hydrogen) atoms. The Hall–Kier alpha value is 0.400. The molecule has 0 aliphatic carbocycles. The van der Waals surface area contributed by atoms with Gasteiger partial charge in [-0.3, -0.25) is 0 Å². The number of halogens is 1. The SMILES string of the molecule is CC1(CBr)COC(C)(C)O1. The minimum absolute atomic E-state index is 0.135. The number of alkyl halides is 1. The summed E-state index contributed by atoms with van der Waals surface area (Å²) in [7, 11) is 0.